The van der Waals surface area contributed by atoms with Crippen LogP contribution >= 0.6 is 0 Å². The molecule has 156 valence electrons. The van der Waals surface area contributed by atoms with E-state index in [0.717, 1.165) is 17.1 Å². The fraction of sp³-hybridized carbons (Fsp3) is 0.217. The van der Waals surface area contributed by atoms with Gasteiger partial charge in [0.05, 0.1) is 23.6 Å². The molecule has 7 nitrogen and oxygen atoms in total. The Morgan fingerprint density at radius 3 is 2.58 bits per heavy atom. The quantitative estimate of drug-likeness (QED) is 0.479. The van der Waals surface area contributed by atoms with E-state index in [4.69, 9.17) is 4.52 Å². The molecule has 0 N–H and O–H groups in total. The molecule has 0 spiro atoms. The number of carbonyl (C=O) groups is 1. The normalized spacial score (nSPS) is 13.1. The first kappa shape index (κ1) is 19.2. The number of amides is 1. The second-order valence-electron chi connectivity index (χ2n) is 8.47. The molecule has 0 radical (unpaired) electrons. The van der Waals surface area contributed by atoms with Gasteiger partial charge in [0, 0.05) is 11.0 Å². The maximum Gasteiger partial charge on any atom is 0.258 e. The monoisotopic (exact) mass is 417 g/mol. The van der Waals surface area contributed by atoms with E-state index in [1.54, 1.807) is 17.3 Å². The average Bonchev–Trinajstić information content (AvgIpc) is 3.39. The van der Waals surface area contributed by atoms with Crippen LogP contribution in [0.5, 0.6) is 0 Å². The molecule has 1 aliphatic heterocycles. The fourth-order valence-electron chi connectivity index (χ4n) is 3.63. The van der Waals surface area contributed by atoms with Crippen LogP contribution in [0, 0.1) is 5.82 Å². The van der Waals surface area contributed by atoms with E-state index in [1.165, 1.54) is 18.2 Å². The lowest BCUT2D eigenvalue weighted by Crippen LogP contribution is -2.35. The number of anilines is 1. The van der Waals surface area contributed by atoms with Crippen molar-refractivity contribution < 1.29 is 13.7 Å². The first-order valence-corrected chi connectivity index (χ1v) is 9.90. The number of carbonyl (C=O) groups excluding carboxylic acids is 1. The largest absolute Gasteiger partial charge is 0.338 e. The Morgan fingerprint density at radius 2 is 1.87 bits per heavy atom. The fourth-order valence-corrected chi connectivity index (χ4v) is 3.63. The minimum Gasteiger partial charge on any atom is -0.338 e. The number of fused-ring (bicyclic) bond motifs is 3. The first-order chi connectivity index (χ1) is 14.8. The van der Waals surface area contributed by atoms with E-state index in [9.17, 15) is 9.18 Å². The number of nitrogens with zero attached hydrogens (tertiary/aromatic N) is 5. The average molecular weight is 417 g/mol. The van der Waals surface area contributed by atoms with Crippen LogP contribution < -0.4 is 4.90 Å². The second-order valence-corrected chi connectivity index (χ2v) is 8.47. The summed E-state index contributed by atoms with van der Waals surface area (Å²) in [6.07, 6.45) is 1.70. The number of imidazole rings is 1. The summed E-state index contributed by atoms with van der Waals surface area (Å²) in [6.45, 7) is 6.20. The van der Waals surface area contributed by atoms with E-state index >= 15 is 0 Å². The predicted octanol–water partition coefficient (Wildman–Crippen LogP) is 4.52. The number of hydrogen-bond acceptors (Lipinski definition) is 5. The minimum absolute atomic E-state index is 0.237. The van der Waals surface area contributed by atoms with Crippen molar-refractivity contribution in [3.05, 3.63) is 77.8 Å². The highest BCUT2D eigenvalue weighted by atomic mass is 19.1. The van der Waals surface area contributed by atoms with Gasteiger partial charge in [-0.2, -0.15) is 4.98 Å². The number of para-hydroxylation sites is 2. The Kier molecular flexibility index (Phi) is 4.25. The van der Waals surface area contributed by atoms with Gasteiger partial charge in [0.1, 0.15) is 17.8 Å². The number of halogens is 1. The lowest BCUT2D eigenvalue weighted by atomic mass is 9.97. The zero-order valence-electron chi connectivity index (χ0n) is 17.3. The summed E-state index contributed by atoms with van der Waals surface area (Å²) in [5.41, 5.74) is 2.80. The van der Waals surface area contributed by atoms with Crippen molar-refractivity contribution in [1.29, 1.82) is 0 Å². The van der Waals surface area contributed by atoms with Gasteiger partial charge < -0.3 is 9.42 Å². The first-order valence-electron chi connectivity index (χ1n) is 9.90. The molecule has 8 heteroatoms. The van der Waals surface area contributed by atoms with Crippen molar-refractivity contribution in [2.75, 3.05) is 4.90 Å². The zero-order chi connectivity index (χ0) is 21.8. The molecule has 0 saturated heterocycles. The van der Waals surface area contributed by atoms with Gasteiger partial charge in [0.15, 0.2) is 0 Å². The van der Waals surface area contributed by atoms with Gasteiger partial charge in [-0.3, -0.25) is 9.36 Å². The van der Waals surface area contributed by atoms with Gasteiger partial charge >= 0.3 is 0 Å². The van der Waals surface area contributed by atoms with Crippen molar-refractivity contribution in [2.24, 2.45) is 0 Å². The van der Waals surface area contributed by atoms with Crippen LogP contribution in [0.3, 0.4) is 0 Å². The molecule has 0 saturated carbocycles. The second kappa shape index (κ2) is 6.87. The Hall–Kier alpha value is -3.81. The third kappa shape index (κ3) is 3.20. The summed E-state index contributed by atoms with van der Waals surface area (Å²) in [6, 6.07) is 13.2. The van der Waals surface area contributed by atoms with Crippen molar-refractivity contribution in [3.8, 4) is 17.2 Å². The molecule has 2 aromatic carbocycles. The zero-order valence-corrected chi connectivity index (χ0v) is 17.3. The van der Waals surface area contributed by atoms with Gasteiger partial charge in [-0.25, -0.2) is 9.37 Å². The molecule has 3 heterocycles. The molecule has 0 unspecified atom stereocenters. The molecule has 1 amide bonds. The minimum atomic E-state index is -0.455. The maximum atomic E-state index is 13.8. The molecule has 0 bridgehead atoms. The SMILES string of the molecule is CC(C)(C)c1nc(-c2ncn3c2CN(C(=O)c2cccc(F)c2)c2ccccc2-3)no1. The number of hydrogen-bond donors (Lipinski definition) is 0. The van der Waals surface area contributed by atoms with E-state index in [2.05, 4.69) is 15.1 Å². The summed E-state index contributed by atoms with van der Waals surface area (Å²) in [5.74, 6) is 0.126. The van der Waals surface area contributed by atoms with E-state index in [-0.39, 0.29) is 23.4 Å². The highest BCUT2D eigenvalue weighted by molar-refractivity contribution is 6.07. The van der Waals surface area contributed by atoms with Gasteiger partial charge in [-0.05, 0) is 30.3 Å². The number of aromatic nitrogens is 4. The third-order valence-electron chi connectivity index (χ3n) is 5.20. The Balaban J connectivity index is 1.61. The smallest absolute Gasteiger partial charge is 0.258 e. The van der Waals surface area contributed by atoms with Gasteiger partial charge in [-0.15, -0.1) is 0 Å². The predicted molar refractivity (Wildman–Crippen MR) is 112 cm³/mol. The molecule has 2 aromatic heterocycles. The Labute approximate surface area is 178 Å². The summed E-state index contributed by atoms with van der Waals surface area (Å²) in [5, 5.41) is 4.11. The lowest BCUT2D eigenvalue weighted by molar-refractivity contribution is 0.0983. The van der Waals surface area contributed by atoms with Gasteiger partial charge in [0.25, 0.3) is 5.91 Å². The molecule has 1 aliphatic rings. The van der Waals surface area contributed by atoms with E-state index in [1.807, 2.05) is 49.6 Å². The molecule has 5 rings (SSSR count). The highest BCUT2D eigenvalue weighted by Crippen LogP contribution is 2.36. The topological polar surface area (TPSA) is 77.1 Å². The summed E-state index contributed by atoms with van der Waals surface area (Å²) >= 11 is 0. The molecular weight excluding hydrogens is 397 g/mol. The maximum absolute atomic E-state index is 13.8. The van der Waals surface area contributed by atoms with E-state index in [0.29, 0.717) is 17.4 Å². The summed E-state index contributed by atoms with van der Waals surface area (Å²) < 4.78 is 21.1. The third-order valence-corrected chi connectivity index (χ3v) is 5.20. The van der Waals surface area contributed by atoms with Crippen LogP contribution in [0.15, 0.2) is 59.4 Å². The number of benzene rings is 2. The Morgan fingerprint density at radius 1 is 1.10 bits per heavy atom. The van der Waals surface area contributed by atoms with Crippen LogP contribution in [0.4, 0.5) is 10.1 Å². The van der Waals surface area contributed by atoms with Crippen molar-refractivity contribution in [1.82, 2.24) is 19.7 Å². The van der Waals surface area contributed by atoms with Crippen LogP contribution in [0.2, 0.25) is 0 Å². The summed E-state index contributed by atoms with van der Waals surface area (Å²) in [4.78, 5) is 24.0. The molecule has 4 aromatic rings. The van der Waals surface area contributed by atoms with E-state index < -0.39 is 5.82 Å². The van der Waals surface area contributed by atoms with Gasteiger partial charge in [0.2, 0.25) is 11.7 Å². The standard InChI is InChI=1S/C23H20FN5O2/c1-23(2,3)22-26-20(27-31-22)19-18-12-28(21(30)14-7-6-8-15(24)11-14)16-9-4-5-10-17(16)29(18)13-25-19/h4-11,13H,12H2,1-3H3. The van der Waals surface area contributed by atoms with Crippen LogP contribution in [-0.4, -0.2) is 25.6 Å². The van der Waals surface area contributed by atoms with Crippen molar-refractivity contribution >= 4 is 11.6 Å². The molecule has 31 heavy (non-hydrogen) atoms. The van der Waals surface area contributed by atoms with Crippen LogP contribution in [0.25, 0.3) is 17.2 Å². The molecule has 0 aliphatic carbocycles. The number of rotatable bonds is 2. The highest BCUT2D eigenvalue weighted by Gasteiger charge is 2.32. The van der Waals surface area contributed by atoms with Gasteiger partial charge in [-0.1, -0.05) is 44.1 Å². The van der Waals surface area contributed by atoms with Crippen LogP contribution in [-0.2, 0) is 12.0 Å². The lowest BCUT2D eigenvalue weighted by Gasteiger charge is -2.31. The van der Waals surface area contributed by atoms with Crippen molar-refractivity contribution in [2.45, 2.75) is 32.7 Å². The molecule has 0 fully saturated rings. The molecule has 0 atom stereocenters. The Bertz CT molecular complexity index is 1300. The van der Waals surface area contributed by atoms with Crippen molar-refractivity contribution in [3.63, 3.8) is 0 Å². The van der Waals surface area contributed by atoms with Crippen LogP contribution in [0.1, 0.15) is 42.7 Å². The summed E-state index contributed by atoms with van der Waals surface area (Å²) in [7, 11) is 0. The molecular formula is C23H20FN5O2.